The van der Waals surface area contributed by atoms with Crippen molar-refractivity contribution in [3.05, 3.63) is 154 Å². The highest BCUT2D eigenvalue weighted by Gasteiger charge is 2.25. The molecule has 15 nitrogen and oxygen atoms in total. The molecule has 0 aliphatic rings. The van der Waals surface area contributed by atoms with E-state index in [0.29, 0.717) is 33.7 Å². The SMILES string of the molecule is CC(C)Oc1c(CC(=O)c2ccc(CC(=O)[C@H](CC(N)=O)NC(=O)c3ccc(NC(=O)C(C)Oc4ccc(C#N)cc4)cc3)cc2)ccc(C(=O)Cc2ccc(C(=O)O)cc2)c1O. The monoisotopic (exact) mass is 852 g/mol. The Hall–Kier alpha value is -8.12. The molecule has 0 aliphatic heterocycles. The van der Waals surface area contributed by atoms with Crippen LogP contribution in [-0.4, -0.2) is 69.5 Å². The molecule has 0 bridgehead atoms. The Morgan fingerprint density at radius 1 is 0.698 bits per heavy atom. The molecule has 5 rings (SSSR count). The van der Waals surface area contributed by atoms with Gasteiger partial charge in [-0.1, -0.05) is 42.5 Å². The molecular weight excluding hydrogens is 809 g/mol. The number of nitrogens with one attached hydrogen (secondary N) is 2. The van der Waals surface area contributed by atoms with Crippen LogP contribution < -0.4 is 25.8 Å². The van der Waals surface area contributed by atoms with Gasteiger partial charge in [-0.15, -0.1) is 0 Å². The molecule has 0 aromatic heterocycles. The predicted molar refractivity (Wildman–Crippen MR) is 230 cm³/mol. The van der Waals surface area contributed by atoms with Gasteiger partial charge < -0.3 is 36.1 Å². The molecule has 322 valence electrons. The lowest BCUT2D eigenvalue weighted by molar-refractivity contribution is -0.125. The second kappa shape index (κ2) is 20.9. The van der Waals surface area contributed by atoms with Crippen LogP contribution in [0.2, 0.25) is 0 Å². The quantitative estimate of drug-likeness (QED) is 0.0584. The summed E-state index contributed by atoms with van der Waals surface area (Å²) in [7, 11) is 0. The number of nitrogens with zero attached hydrogens (tertiary/aromatic N) is 1. The largest absolute Gasteiger partial charge is 0.504 e. The minimum atomic E-state index is -1.27. The van der Waals surface area contributed by atoms with Crippen LogP contribution in [0.1, 0.15) is 90.9 Å². The lowest BCUT2D eigenvalue weighted by Crippen LogP contribution is -2.44. The smallest absolute Gasteiger partial charge is 0.335 e. The zero-order valence-corrected chi connectivity index (χ0v) is 34.5. The first kappa shape index (κ1) is 46.0. The van der Waals surface area contributed by atoms with Gasteiger partial charge in [0.15, 0.2) is 35.0 Å². The maximum absolute atomic E-state index is 13.5. The summed E-state index contributed by atoms with van der Waals surface area (Å²) >= 11 is 0. The average Bonchev–Trinajstić information content (AvgIpc) is 3.25. The van der Waals surface area contributed by atoms with Crippen molar-refractivity contribution in [1.29, 1.82) is 5.26 Å². The van der Waals surface area contributed by atoms with Crippen LogP contribution in [0, 0.1) is 11.3 Å². The highest BCUT2D eigenvalue weighted by atomic mass is 16.5. The Labute approximate surface area is 362 Å². The van der Waals surface area contributed by atoms with Gasteiger partial charge in [-0.05, 0) is 98.6 Å². The van der Waals surface area contributed by atoms with E-state index in [1.165, 1.54) is 72.8 Å². The van der Waals surface area contributed by atoms with E-state index in [0.717, 1.165) is 0 Å². The van der Waals surface area contributed by atoms with Gasteiger partial charge in [0.2, 0.25) is 5.91 Å². The van der Waals surface area contributed by atoms with Crippen molar-refractivity contribution >= 4 is 46.7 Å². The number of primary amides is 1. The van der Waals surface area contributed by atoms with E-state index < -0.39 is 65.7 Å². The van der Waals surface area contributed by atoms with Crippen LogP contribution in [0.4, 0.5) is 5.69 Å². The van der Waals surface area contributed by atoms with Crippen molar-refractivity contribution in [3.63, 3.8) is 0 Å². The second-order valence-electron chi connectivity index (χ2n) is 14.8. The van der Waals surface area contributed by atoms with E-state index in [1.807, 2.05) is 6.07 Å². The minimum Gasteiger partial charge on any atom is -0.504 e. The lowest BCUT2D eigenvalue weighted by atomic mass is 9.95. The van der Waals surface area contributed by atoms with Crippen LogP contribution in [-0.2, 0) is 33.6 Å². The number of aromatic carboxylic acids is 1. The summed E-state index contributed by atoms with van der Waals surface area (Å²) in [5, 5.41) is 34.5. The minimum absolute atomic E-state index is 0.0185. The van der Waals surface area contributed by atoms with E-state index in [4.69, 9.17) is 25.6 Å². The number of benzene rings is 5. The Kier molecular flexibility index (Phi) is 15.3. The van der Waals surface area contributed by atoms with Gasteiger partial charge >= 0.3 is 5.97 Å². The summed E-state index contributed by atoms with van der Waals surface area (Å²) in [5.41, 5.74) is 8.06. The maximum Gasteiger partial charge on any atom is 0.335 e. The van der Waals surface area contributed by atoms with Gasteiger partial charge in [-0.2, -0.15) is 5.26 Å². The number of carboxylic acids is 1. The third kappa shape index (κ3) is 12.7. The number of ketones is 3. The molecule has 6 N–H and O–H groups in total. The number of Topliss-reactive ketones (excluding diaryl/α,β-unsaturated/α-hetero) is 3. The van der Waals surface area contributed by atoms with Crippen molar-refractivity contribution in [3.8, 4) is 23.3 Å². The number of amides is 3. The first-order chi connectivity index (χ1) is 30.0. The highest BCUT2D eigenvalue weighted by molar-refractivity contribution is 6.03. The molecule has 0 aliphatic carbocycles. The standard InChI is InChI=1S/C48H44N4O11/c1-27(2)62-45-35(16-21-38(44(45)57)41(54)22-29-6-12-34(13-7-29)48(60)61)24-40(53)32-10-4-30(5-11-32)23-42(55)39(25-43(50)56)52-47(59)33-14-17-36(18-15-33)51-46(58)28(3)63-37-19-8-31(26-49)9-20-37/h4-21,27-28,39,57H,22-25H2,1-3H3,(H2,50,56)(H,51,58)(H,52,59)(H,60,61)/t28?,39-/m0/s1. The number of nitrogens with two attached hydrogens (primary N) is 1. The highest BCUT2D eigenvalue weighted by Crippen LogP contribution is 2.36. The van der Waals surface area contributed by atoms with Crippen molar-refractivity contribution in [2.45, 2.75) is 64.7 Å². The Morgan fingerprint density at radius 2 is 1.29 bits per heavy atom. The van der Waals surface area contributed by atoms with Gasteiger partial charge in [0.1, 0.15) is 5.75 Å². The van der Waals surface area contributed by atoms with E-state index >= 15 is 0 Å². The number of carboxylic acid groups (broad SMARTS) is 1. The summed E-state index contributed by atoms with van der Waals surface area (Å²) in [5.74, 6) is -4.40. The number of phenols is 1. The molecule has 0 spiro atoms. The Morgan fingerprint density at radius 3 is 1.86 bits per heavy atom. The number of hydrogen-bond donors (Lipinski definition) is 5. The molecule has 0 saturated heterocycles. The van der Waals surface area contributed by atoms with Gasteiger partial charge in [-0.25, -0.2) is 4.79 Å². The number of aromatic hydroxyl groups is 1. The third-order valence-corrected chi connectivity index (χ3v) is 9.62. The summed E-state index contributed by atoms with van der Waals surface area (Å²) in [6.07, 6.45) is -2.30. The van der Waals surface area contributed by atoms with Crippen LogP contribution in [0.25, 0.3) is 0 Å². The van der Waals surface area contributed by atoms with E-state index in [2.05, 4.69) is 10.6 Å². The number of carbonyl (C=O) groups is 7. The number of nitriles is 1. The molecule has 5 aromatic rings. The van der Waals surface area contributed by atoms with Crippen LogP contribution >= 0.6 is 0 Å². The van der Waals surface area contributed by atoms with Gasteiger partial charge in [0, 0.05) is 41.6 Å². The van der Waals surface area contributed by atoms with Crippen molar-refractivity contribution in [2.75, 3.05) is 5.32 Å². The number of carbonyl (C=O) groups excluding carboxylic acids is 6. The van der Waals surface area contributed by atoms with Crippen molar-refractivity contribution in [1.82, 2.24) is 5.32 Å². The fourth-order valence-electron chi connectivity index (χ4n) is 6.30. The number of phenolic OH excluding ortho intramolecular Hbond substituents is 1. The van der Waals surface area contributed by atoms with Gasteiger partial charge in [0.05, 0.1) is 41.3 Å². The topological polar surface area (TPSA) is 252 Å². The molecular formula is C48H44N4O11. The van der Waals surface area contributed by atoms with Gasteiger partial charge in [-0.3, -0.25) is 28.8 Å². The van der Waals surface area contributed by atoms with E-state index in [9.17, 15) is 38.7 Å². The number of rotatable bonds is 20. The second-order valence-corrected chi connectivity index (χ2v) is 14.8. The fourth-order valence-corrected chi connectivity index (χ4v) is 6.30. The normalized spacial score (nSPS) is 11.7. The molecule has 2 atom stereocenters. The summed E-state index contributed by atoms with van der Waals surface area (Å²) in [6.45, 7) is 5.00. The number of ether oxygens (including phenoxy) is 2. The molecule has 3 amide bonds. The zero-order valence-electron chi connectivity index (χ0n) is 34.5. The molecule has 0 saturated carbocycles. The van der Waals surface area contributed by atoms with Crippen LogP contribution in [0.5, 0.6) is 17.2 Å². The molecule has 15 heteroatoms. The zero-order chi connectivity index (χ0) is 45.8. The predicted octanol–water partition coefficient (Wildman–Crippen LogP) is 5.79. The molecule has 63 heavy (non-hydrogen) atoms. The fraction of sp³-hybridized carbons (Fsp3) is 0.208. The summed E-state index contributed by atoms with van der Waals surface area (Å²) < 4.78 is 11.5. The van der Waals surface area contributed by atoms with E-state index in [1.54, 1.807) is 57.2 Å². The van der Waals surface area contributed by atoms with Crippen LogP contribution in [0.15, 0.2) is 109 Å². The molecule has 0 fully saturated rings. The van der Waals surface area contributed by atoms with Crippen LogP contribution in [0.3, 0.4) is 0 Å². The van der Waals surface area contributed by atoms with Crippen molar-refractivity contribution in [2.24, 2.45) is 5.73 Å². The first-order valence-corrected chi connectivity index (χ1v) is 19.7. The summed E-state index contributed by atoms with van der Waals surface area (Å²) in [4.78, 5) is 89.0. The molecule has 0 radical (unpaired) electrons. The molecule has 0 heterocycles. The summed E-state index contributed by atoms with van der Waals surface area (Å²) in [6, 6.07) is 27.7. The third-order valence-electron chi connectivity index (χ3n) is 9.62. The van der Waals surface area contributed by atoms with Gasteiger partial charge in [0.25, 0.3) is 11.8 Å². The Bertz CT molecular complexity index is 2560. The number of anilines is 1. The average molecular weight is 853 g/mol. The first-order valence-electron chi connectivity index (χ1n) is 19.7. The molecule has 1 unspecified atom stereocenters. The van der Waals surface area contributed by atoms with E-state index in [-0.39, 0.29) is 53.0 Å². The Balaban J connectivity index is 1.19. The van der Waals surface area contributed by atoms with Crippen molar-refractivity contribution < 1.29 is 53.2 Å². The number of hydrogen-bond acceptors (Lipinski definition) is 11. The lowest BCUT2D eigenvalue weighted by Gasteiger charge is -2.18. The maximum atomic E-state index is 13.5. The molecule has 5 aromatic carbocycles.